The Morgan fingerprint density at radius 1 is 1.12 bits per heavy atom. The van der Waals surface area contributed by atoms with E-state index in [2.05, 4.69) is 0 Å². The molecular weight excluding hydrogens is 458 g/mol. The fourth-order valence-electron chi connectivity index (χ4n) is 4.01. The van der Waals surface area contributed by atoms with E-state index in [0.717, 1.165) is 11.0 Å². The van der Waals surface area contributed by atoms with Gasteiger partial charge in [-0.15, -0.1) is 0 Å². The number of carboxylic acid groups (broad SMARTS) is 1. The van der Waals surface area contributed by atoms with Gasteiger partial charge < -0.3 is 19.5 Å². The average molecular weight is 477 g/mol. The number of fused-ring (bicyclic) bond motifs is 3. The number of benzene rings is 3. The number of hydrogen-bond acceptors (Lipinski definition) is 4. The molecule has 4 rings (SSSR count). The predicted molar refractivity (Wildman–Crippen MR) is 115 cm³/mol. The summed E-state index contributed by atoms with van der Waals surface area (Å²) in [5.74, 6) is -2.36. The van der Waals surface area contributed by atoms with Gasteiger partial charge in [0.05, 0.1) is 30.8 Å². The van der Waals surface area contributed by atoms with Gasteiger partial charge in [-0.25, -0.2) is 4.39 Å². The molecule has 1 aliphatic rings. The molecule has 6 nitrogen and oxygen atoms in total. The van der Waals surface area contributed by atoms with Crippen LogP contribution in [-0.4, -0.2) is 36.4 Å². The molecular formula is C24H19F4NO5. The van der Waals surface area contributed by atoms with E-state index in [0.29, 0.717) is 16.5 Å². The Morgan fingerprint density at radius 2 is 1.88 bits per heavy atom. The quantitative estimate of drug-likeness (QED) is 0.479. The first kappa shape index (κ1) is 23.3. The minimum Gasteiger partial charge on any atom is -0.493 e. The van der Waals surface area contributed by atoms with Gasteiger partial charge in [0.1, 0.15) is 17.3 Å². The highest BCUT2D eigenvalue weighted by atomic mass is 19.4. The van der Waals surface area contributed by atoms with Crippen molar-refractivity contribution in [2.24, 2.45) is 0 Å². The van der Waals surface area contributed by atoms with E-state index < -0.39 is 36.9 Å². The van der Waals surface area contributed by atoms with E-state index in [4.69, 9.17) is 14.6 Å². The maximum atomic E-state index is 14.9. The summed E-state index contributed by atoms with van der Waals surface area (Å²) in [6, 6.07) is 9.99. The predicted octanol–water partition coefficient (Wildman–Crippen LogP) is 5.11. The lowest BCUT2D eigenvalue weighted by Crippen LogP contribution is -2.24. The van der Waals surface area contributed by atoms with E-state index in [1.165, 1.54) is 18.2 Å². The van der Waals surface area contributed by atoms with Crippen molar-refractivity contribution in [3.05, 3.63) is 65.0 Å². The lowest BCUT2D eigenvalue weighted by Gasteiger charge is -2.17. The van der Waals surface area contributed by atoms with Crippen LogP contribution in [0.2, 0.25) is 0 Å². The number of anilines is 1. The highest BCUT2D eigenvalue weighted by Crippen LogP contribution is 2.43. The molecule has 0 saturated carbocycles. The molecule has 0 aromatic heterocycles. The van der Waals surface area contributed by atoms with Crippen molar-refractivity contribution in [1.29, 1.82) is 0 Å². The second-order valence-electron chi connectivity index (χ2n) is 7.67. The smallest absolute Gasteiger partial charge is 0.422 e. The molecule has 1 heterocycles. The van der Waals surface area contributed by atoms with Crippen LogP contribution < -0.4 is 14.4 Å². The maximum absolute atomic E-state index is 14.9. The van der Waals surface area contributed by atoms with Gasteiger partial charge in [-0.3, -0.25) is 9.59 Å². The minimum atomic E-state index is -4.59. The summed E-state index contributed by atoms with van der Waals surface area (Å²) < 4.78 is 64.1. The molecule has 0 spiro atoms. The molecule has 1 aliphatic heterocycles. The zero-order valence-electron chi connectivity index (χ0n) is 17.9. The Kier molecular flexibility index (Phi) is 6.07. The Bertz CT molecular complexity index is 1290. The van der Waals surface area contributed by atoms with Crippen LogP contribution in [0.15, 0.2) is 42.5 Å². The summed E-state index contributed by atoms with van der Waals surface area (Å²) in [5, 5.41) is 9.75. The molecule has 178 valence electrons. The molecule has 1 N–H and O–H groups in total. The second-order valence-corrected chi connectivity index (χ2v) is 7.67. The number of nitrogens with zero attached hydrogens (tertiary/aromatic N) is 1. The van der Waals surface area contributed by atoms with Gasteiger partial charge in [0.15, 0.2) is 6.61 Å². The van der Waals surface area contributed by atoms with Crippen molar-refractivity contribution in [3.8, 4) is 11.5 Å². The Hall–Kier alpha value is -3.82. The Balaban J connectivity index is 1.84. The largest absolute Gasteiger partial charge is 0.493 e. The number of hydrogen-bond donors (Lipinski definition) is 1. The molecule has 34 heavy (non-hydrogen) atoms. The van der Waals surface area contributed by atoms with Crippen LogP contribution in [0.25, 0.3) is 10.8 Å². The number of alkyl halides is 3. The molecule has 0 saturated heterocycles. The van der Waals surface area contributed by atoms with Crippen LogP contribution in [0.1, 0.15) is 28.4 Å². The lowest BCUT2D eigenvalue weighted by molar-refractivity contribution is -0.153. The van der Waals surface area contributed by atoms with Gasteiger partial charge >= 0.3 is 12.1 Å². The number of ether oxygens (including phenoxy) is 2. The van der Waals surface area contributed by atoms with Crippen molar-refractivity contribution in [3.63, 3.8) is 0 Å². The number of rotatable bonds is 7. The summed E-state index contributed by atoms with van der Waals surface area (Å²) in [6.45, 7) is 0.259. The summed E-state index contributed by atoms with van der Waals surface area (Å²) in [7, 11) is 0. The summed E-state index contributed by atoms with van der Waals surface area (Å²) >= 11 is 0. The normalized spacial score (nSPS) is 13.3. The highest BCUT2D eigenvalue weighted by molar-refractivity contribution is 6.19. The molecule has 0 atom stereocenters. The van der Waals surface area contributed by atoms with Gasteiger partial charge in [-0.2, -0.15) is 13.2 Å². The number of carbonyl (C=O) groups excluding carboxylic acids is 1. The standard InChI is InChI=1S/C24H19F4NO5/c1-2-33-18-5-3-4-14-10-19(34-12-24(26,27)28)15-11-29(23(32)22(15)21(14)18)17-7-6-13(8-16(17)25)9-20(30)31/h3-8,10H,2,9,11-12H2,1H3,(H,30,31). The minimum absolute atomic E-state index is 0.0766. The second kappa shape index (κ2) is 8.85. The first-order valence-corrected chi connectivity index (χ1v) is 10.3. The van der Waals surface area contributed by atoms with Crippen LogP contribution in [0.4, 0.5) is 23.2 Å². The van der Waals surface area contributed by atoms with Crippen LogP contribution in [-0.2, 0) is 17.8 Å². The molecule has 3 aromatic carbocycles. The van der Waals surface area contributed by atoms with Gasteiger partial charge in [0, 0.05) is 10.9 Å². The highest BCUT2D eigenvalue weighted by Gasteiger charge is 2.37. The molecule has 3 aromatic rings. The molecule has 10 heteroatoms. The third-order valence-corrected chi connectivity index (χ3v) is 5.32. The van der Waals surface area contributed by atoms with Crippen LogP contribution in [0.5, 0.6) is 11.5 Å². The van der Waals surface area contributed by atoms with E-state index in [9.17, 15) is 27.2 Å². The Labute approximate surface area is 191 Å². The van der Waals surface area contributed by atoms with Crippen molar-refractivity contribution >= 4 is 28.3 Å². The van der Waals surface area contributed by atoms with E-state index in [-0.39, 0.29) is 41.3 Å². The first-order chi connectivity index (χ1) is 16.1. The van der Waals surface area contributed by atoms with E-state index >= 15 is 0 Å². The number of carbonyl (C=O) groups is 2. The summed E-state index contributed by atoms with van der Waals surface area (Å²) in [5.41, 5.74) is 0.339. The van der Waals surface area contributed by atoms with Crippen molar-refractivity contribution < 1.29 is 41.7 Å². The fourth-order valence-corrected chi connectivity index (χ4v) is 4.01. The third kappa shape index (κ3) is 4.48. The number of halogens is 4. The fraction of sp³-hybridized carbons (Fsp3) is 0.250. The van der Waals surface area contributed by atoms with Crippen LogP contribution in [0.3, 0.4) is 0 Å². The van der Waals surface area contributed by atoms with Crippen molar-refractivity contribution in [2.45, 2.75) is 26.1 Å². The van der Waals surface area contributed by atoms with E-state index in [1.54, 1.807) is 25.1 Å². The van der Waals surface area contributed by atoms with Gasteiger partial charge in [-0.1, -0.05) is 18.2 Å². The maximum Gasteiger partial charge on any atom is 0.422 e. The van der Waals surface area contributed by atoms with Crippen LogP contribution >= 0.6 is 0 Å². The monoisotopic (exact) mass is 477 g/mol. The zero-order valence-corrected chi connectivity index (χ0v) is 17.9. The molecule has 0 radical (unpaired) electrons. The van der Waals surface area contributed by atoms with Crippen molar-refractivity contribution in [2.75, 3.05) is 18.1 Å². The summed E-state index contributed by atoms with van der Waals surface area (Å²) in [6.07, 6.45) is -4.99. The van der Waals surface area contributed by atoms with Gasteiger partial charge in [0.2, 0.25) is 0 Å². The molecule has 0 fully saturated rings. The topological polar surface area (TPSA) is 76.1 Å². The number of carboxylic acids is 1. The molecule has 1 amide bonds. The van der Waals surface area contributed by atoms with Gasteiger partial charge in [0.25, 0.3) is 5.91 Å². The number of amides is 1. The summed E-state index contributed by atoms with van der Waals surface area (Å²) in [4.78, 5) is 25.5. The third-order valence-electron chi connectivity index (χ3n) is 5.32. The van der Waals surface area contributed by atoms with Crippen LogP contribution in [0, 0.1) is 5.82 Å². The van der Waals surface area contributed by atoms with E-state index in [1.807, 2.05) is 0 Å². The Morgan fingerprint density at radius 3 is 2.53 bits per heavy atom. The SMILES string of the molecule is CCOc1cccc2cc(OCC(F)(F)F)c3c(c12)C(=O)N(c1ccc(CC(=O)O)cc1F)C3. The zero-order chi connectivity index (χ0) is 24.6. The first-order valence-electron chi connectivity index (χ1n) is 10.3. The molecule has 0 unspecified atom stereocenters. The molecule has 0 bridgehead atoms. The average Bonchev–Trinajstić information content (AvgIpc) is 3.09. The van der Waals surface area contributed by atoms with Gasteiger partial charge in [-0.05, 0) is 42.1 Å². The van der Waals surface area contributed by atoms with Crippen molar-refractivity contribution in [1.82, 2.24) is 0 Å². The number of aliphatic carboxylic acids is 1. The molecule has 0 aliphatic carbocycles. The lowest BCUT2D eigenvalue weighted by atomic mass is 9.98.